The zero-order valence-corrected chi connectivity index (χ0v) is 12.2. The smallest absolute Gasteiger partial charge is 0.243 e. The van der Waals surface area contributed by atoms with E-state index >= 15 is 0 Å². The molecule has 1 fully saturated rings. The molecule has 0 radical (unpaired) electrons. The van der Waals surface area contributed by atoms with E-state index in [1.807, 2.05) is 0 Å². The fourth-order valence-electron chi connectivity index (χ4n) is 2.44. The van der Waals surface area contributed by atoms with Crippen molar-refractivity contribution in [1.82, 2.24) is 4.72 Å². The van der Waals surface area contributed by atoms with Crippen LogP contribution in [0.15, 0.2) is 17.0 Å². The molecule has 5 nitrogen and oxygen atoms in total. The van der Waals surface area contributed by atoms with Gasteiger partial charge in [0.1, 0.15) is 16.5 Å². The number of anilines is 1. The van der Waals surface area contributed by atoms with E-state index in [0.717, 1.165) is 25.3 Å². The summed E-state index contributed by atoms with van der Waals surface area (Å²) in [6, 6.07) is 0.506. The summed E-state index contributed by atoms with van der Waals surface area (Å²) in [4.78, 5) is -0.710. The van der Waals surface area contributed by atoms with Crippen molar-refractivity contribution in [3.8, 4) is 0 Å². The molecule has 21 heavy (non-hydrogen) atoms. The Bertz CT molecular complexity index is 622. The molecule has 1 aliphatic carbocycles. The summed E-state index contributed by atoms with van der Waals surface area (Å²) in [7, 11) is -4.21. The average molecular weight is 320 g/mol. The van der Waals surface area contributed by atoms with Gasteiger partial charge >= 0.3 is 0 Å². The Morgan fingerprint density at radius 3 is 2.52 bits per heavy atom. The second-order valence-corrected chi connectivity index (χ2v) is 6.92. The number of hydrogen-bond donors (Lipinski definition) is 3. The minimum Gasteiger partial charge on any atom is -0.396 e. The lowest BCUT2D eigenvalue weighted by Gasteiger charge is -2.21. The summed E-state index contributed by atoms with van der Waals surface area (Å²) in [6.45, 7) is 0. The van der Waals surface area contributed by atoms with Crippen molar-refractivity contribution in [3.05, 3.63) is 23.8 Å². The number of nitrogens with two attached hydrogens (primary N) is 1. The first kappa shape index (κ1) is 16.1. The van der Waals surface area contributed by atoms with Crippen molar-refractivity contribution >= 4 is 15.7 Å². The SMILES string of the molecule is Nc1cc(S(=O)(=O)NC2CCCCCC2O)c(F)cc1F. The van der Waals surface area contributed by atoms with E-state index < -0.39 is 44.4 Å². The zero-order chi connectivity index (χ0) is 15.6. The summed E-state index contributed by atoms with van der Waals surface area (Å²) < 4.78 is 53.5. The first-order valence-corrected chi connectivity index (χ1v) is 8.24. The van der Waals surface area contributed by atoms with E-state index in [0.29, 0.717) is 18.9 Å². The van der Waals surface area contributed by atoms with Crippen LogP contribution < -0.4 is 10.5 Å². The highest BCUT2D eigenvalue weighted by Gasteiger charge is 2.29. The maximum absolute atomic E-state index is 13.7. The van der Waals surface area contributed by atoms with Crippen LogP contribution in [0, 0.1) is 11.6 Å². The van der Waals surface area contributed by atoms with Gasteiger partial charge in [-0.25, -0.2) is 21.9 Å². The number of halogens is 2. The number of aliphatic hydroxyl groups excluding tert-OH is 1. The molecular formula is C13H18F2N2O3S. The standard InChI is InChI=1S/C13H18F2N2O3S/c14-8-6-9(15)13(7-10(8)16)21(19,20)17-11-4-2-1-3-5-12(11)18/h6-7,11-12,17-18H,1-5,16H2. The first-order valence-electron chi connectivity index (χ1n) is 6.76. The third kappa shape index (κ3) is 3.69. The van der Waals surface area contributed by atoms with Crippen LogP contribution in [0.2, 0.25) is 0 Å². The highest BCUT2D eigenvalue weighted by atomic mass is 32.2. The largest absolute Gasteiger partial charge is 0.396 e. The molecule has 0 heterocycles. The fourth-order valence-corrected chi connectivity index (χ4v) is 3.84. The highest BCUT2D eigenvalue weighted by Crippen LogP contribution is 2.24. The zero-order valence-electron chi connectivity index (χ0n) is 11.4. The van der Waals surface area contributed by atoms with E-state index in [-0.39, 0.29) is 0 Å². The van der Waals surface area contributed by atoms with Crippen LogP contribution in [0.4, 0.5) is 14.5 Å². The van der Waals surface area contributed by atoms with Crippen molar-refractivity contribution in [3.63, 3.8) is 0 Å². The molecule has 1 aromatic carbocycles. The maximum atomic E-state index is 13.7. The summed E-state index contributed by atoms with van der Waals surface area (Å²) >= 11 is 0. The predicted octanol–water partition coefficient (Wildman–Crippen LogP) is 1.52. The average Bonchev–Trinajstić information content (AvgIpc) is 2.59. The van der Waals surface area contributed by atoms with Gasteiger partial charge in [0, 0.05) is 12.1 Å². The molecule has 1 aliphatic rings. The summed E-state index contributed by atoms with van der Waals surface area (Å²) in [5.41, 5.74) is 4.84. The summed E-state index contributed by atoms with van der Waals surface area (Å²) in [5.74, 6) is -2.22. The second-order valence-electron chi connectivity index (χ2n) is 5.24. The Morgan fingerprint density at radius 1 is 1.14 bits per heavy atom. The third-order valence-electron chi connectivity index (χ3n) is 3.63. The molecule has 8 heteroatoms. The number of rotatable bonds is 3. The molecule has 0 amide bonds. The molecule has 2 rings (SSSR count). The van der Waals surface area contributed by atoms with Gasteiger partial charge in [0.25, 0.3) is 0 Å². The number of aliphatic hydroxyl groups is 1. The minimum atomic E-state index is -4.21. The minimum absolute atomic E-state index is 0.438. The van der Waals surface area contributed by atoms with Crippen molar-refractivity contribution in [2.75, 3.05) is 5.73 Å². The van der Waals surface area contributed by atoms with Gasteiger partial charge in [0.05, 0.1) is 11.8 Å². The molecule has 118 valence electrons. The Kier molecular flexibility index (Phi) is 4.80. The second kappa shape index (κ2) is 6.25. The van der Waals surface area contributed by atoms with Crippen molar-refractivity contribution in [2.45, 2.75) is 49.1 Å². The number of hydrogen-bond acceptors (Lipinski definition) is 4. The molecule has 0 spiro atoms. The summed E-state index contributed by atoms with van der Waals surface area (Å²) in [6.07, 6.45) is 2.64. The first-order chi connectivity index (χ1) is 9.81. The van der Waals surface area contributed by atoms with Crippen LogP contribution >= 0.6 is 0 Å². The van der Waals surface area contributed by atoms with Gasteiger partial charge in [-0.05, 0) is 18.9 Å². The Morgan fingerprint density at radius 2 is 1.81 bits per heavy atom. The molecule has 2 unspecified atom stereocenters. The van der Waals surface area contributed by atoms with E-state index in [2.05, 4.69) is 4.72 Å². The molecule has 1 saturated carbocycles. The number of sulfonamides is 1. The number of nitrogens with one attached hydrogen (secondary N) is 1. The molecule has 1 aromatic rings. The predicted molar refractivity (Wildman–Crippen MR) is 74.0 cm³/mol. The van der Waals surface area contributed by atoms with Gasteiger partial charge in [-0.1, -0.05) is 19.3 Å². The molecule has 0 aliphatic heterocycles. The van der Waals surface area contributed by atoms with Crippen LogP contribution in [0.3, 0.4) is 0 Å². The Hall–Kier alpha value is -1.25. The Balaban J connectivity index is 2.27. The molecule has 2 atom stereocenters. The van der Waals surface area contributed by atoms with Crippen LogP contribution in [0.5, 0.6) is 0 Å². The van der Waals surface area contributed by atoms with Crippen molar-refractivity contribution in [1.29, 1.82) is 0 Å². The van der Waals surface area contributed by atoms with Crippen LogP contribution in [0.25, 0.3) is 0 Å². The number of nitrogen functional groups attached to an aromatic ring is 1. The molecule has 0 aromatic heterocycles. The molecular weight excluding hydrogens is 302 g/mol. The maximum Gasteiger partial charge on any atom is 0.243 e. The Labute approximate surface area is 122 Å². The number of benzene rings is 1. The quantitative estimate of drug-likeness (QED) is 0.581. The third-order valence-corrected chi connectivity index (χ3v) is 5.13. The normalized spacial score (nSPS) is 23.8. The van der Waals surface area contributed by atoms with Crippen LogP contribution in [0.1, 0.15) is 32.1 Å². The van der Waals surface area contributed by atoms with Crippen molar-refractivity contribution < 1.29 is 22.3 Å². The highest BCUT2D eigenvalue weighted by molar-refractivity contribution is 7.89. The van der Waals surface area contributed by atoms with E-state index in [9.17, 15) is 22.3 Å². The van der Waals surface area contributed by atoms with Crippen LogP contribution in [-0.4, -0.2) is 25.7 Å². The van der Waals surface area contributed by atoms with Crippen molar-refractivity contribution in [2.24, 2.45) is 0 Å². The van der Waals surface area contributed by atoms with Gasteiger partial charge in [-0.15, -0.1) is 0 Å². The van der Waals surface area contributed by atoms with Gasteiger partial charge in [-0.2, -0.15) is 0 Å². The topological polar surface area (TPSA) is 92.4 Å². The lowest BCUT2D eigenvalue weighted by Crippen LogP contribution is -2.42. The monoisotopic (exact) mass is 320 g/mol. The van der Waals surface area contributed by atoms with Crippen LogP contribution in [-0.2, 0) is 10.0 Å². The van der Waals surface area contributed by atoms with Gasteiger partial charge < -0.3 is 10.8 Å². The summed E-state index contributed by atoms with van der Waals surface area (Å²) in [5, 5.41) is 9.92. The van der Waals surface area contributed by atoms with E-state index in [1.54, 1.807) is 0 Å². The molecule has 4 N–H and O–H groups in total. The lowest BCUT2D eigenvalue weighted by molar-refractivity contribution is 0.130. The lowest BCUT2D eigenvalue weighted by atomic mass is 10.1. The van der Waals surface area contributed by atoms with Gasteiger partial charge in [0.2, 0.25) is 10.0 Å². The van der Waals surface area contributed by atoms with Gasteiger partial charge in [-0.3, -0.25) is 0 Å². The van der Waals surface area contributed by atoms with Gasteiger partial charge in [0.15, 0.2) is 0 Å². The molecule has 0 saturated heterocycles. The van der Waals surface area contributed by atoms with E-state index in [4.69, 9.17) is 5.73 Å². The fraction of sp³-hybridized carbons (Fsp3) is 0.538. The molecule has 0 bridgehead atoms. The van der Waals surface area contributed by atoms with E-state index in [1.165, 1.54) is 0 Å².